The van der Waals surface area contributed by atoms with E-state index in [0.29, 0.717) is 11.6 Å². The van der Waals surface area contributed by atoms with Crippen molar-refractivity contribution in [2.75, 3.05) is 0 Å². The van der Waals surface area contributed by atoms with Crippen LogP contribution in [-0.4, -0.2) is 15.0 Å². The smallest absolute Gasteiger partial charge is 0.208 e. The Kier molecular flexibility index (Phi) is 5.53. The van der Waals surface area contributed by atoms with Crippen molar-refractivity contribution in [2.24, 2.45) is 0 Å². The zero-order chi connectivity index (χ0) is 23.6. The Morgan fingerprint density at radius 2 is 1.03 bits per heavy atom. The Morgan fingerprint density at radius 3 is 1.77 bits per heavy atom. The largest absolute Gasteiger partial charge is 0.226 e. The van der Waals surface area contributed by atoms with Gasteiger partial charge in [-0.15, -0.1) is 0 Å². The number of benzene rings is 5. The number of fused-ring (bicyclic) bond motifs is 1. The SMILES string of the molecule is Clc1nc(-c2cccc(-c3ccccc3)c2)nc(-c2ccc3c(-c4ccccc4)cccc3c2)n1. The van der Waals surface area contributed by atoms with E-state index in [2.05, 4.69) is 88.8 Å². The number of nitrogens with zero attached hydrogens (tertiary/aromatic N) is 3. The summed E-state index contributed by atoms with van der Waals surface area (Å²) in [6, 6.07) is 41.4. The van der Waals surface area contributed by atoms with Crippen molar-refractivity contribution in [2.45, 2.75) is 0 Å². The molecule has 1 heterocycles. The van der Waals surface area contributed by atoms with Crippen molar-refractivity contribution in [3.63, 3.8) is 0 Å². The Labute approximate surface area is 208 Å². The maximum Gasteiger partial charge on any atom is 0.226 e. The number of hydrogen-bond acceptors (Lipinski definition) is 3. The molecule has 3 nitrogen and oxygen atoms in total. The second-order valence-electron chi connectivity index (χ2n) is 8.31. The molecule has 0 saturated carbocycles. The first-order chi connectivity index (χ1) is 17.2. The van der Waals surface area contributed by atoms with Crippen LogP contribution in [0.2, 0.25) is 5.28 Å². The summed E-state index contributed by atoms with van der Waals surface area (Å²) in [5.41, 5.74) is 6.41. The Bertz CT molecular complexity index is 1650. The van der Waals surface area contributed by atoms with Gasteiger partial charge in [-0.25, -0.2) is 4.98 Å². The Morgan fingerprint density at radius 1 is 0.429 bits per heavy atom. The van der Waals surface area contributed by atoms with Gasteiger partial charge in [-0.3, -0.25) is 0 Å². The number of rotatable bonds is 4. The fraction of sp³-hybridized carbons (Fsp3) is 0. The van der Waals surface area contributed by atoms with Crippen LogP contribution in [0.5, 0.6) is 0 Å². The molecule has 0 aliphatic carbocycles. The molecule has 166 valence electrons. The predicted molar refractivity (Wildman–Crippen MR) is 144 cm³/mol. The van der Waals surface area contributed by atoms with Crippen molar-refractivity contribution in [3.05, 3.63) is 127 Å². The lowest BCUT2D eigenvalue weighted by Gasteiger charge is -2.10. The average Bonchev–Trinajstić information content (AvgIpc) is 2.93. The standard InChI is InChI=1S/C31H20ClN3/c32-31-34-29(25-15-7-13-23(19-25)21-9-3-1-4-10-21)33-30(35-31)26-17-18-28-24(20-26)14-8-16-27(28)22-11-5-2-6-12-22/h1-20H. The van der Waals surface area contributed by atoms with E-state index in [0.717, 1.165) is 27.6 Å². The highest BCUT2D eigenvalue weighted by atomic mass is 35.5. The highest BCUT2D eigenvalue weighted by Crippen LogP contribution is 2.32. The molecule has 0 radical (unpaired) electrons. The van der Waals surface area contributed by atoms with Crippen LogP contribution >= 0.6 is 11.6 Å². The molecule has 0 unspecified atom stereocenters. The monoisotopic (exact) mass is 469 g/mol. The van der Waals surface area contributed by atoms with Gasteiger partial charge in [0.15, 0.2) is 11.6 Å². The third kappa shape index (κ3) is 4.30. The number of halogens is 1. The quantitative estimate of drug-likeness (QED) is 0.260. The molecule has 1 aromatic heterocycles. The van der Waals surface area contributed by atoms with Crippen LogP contribution in [0.4, 0.5) is 0 Å². The van der Waals surface area contributed by atoms with E-state index in [1.165, 1.54) is 16.5 Å². The fourth-order valence-corrected chi connectivity index (χ4v) is 4.53. The van der Waals surface area contributed by atoms with Gasteiger partial charge in [0.1, 0.15) is 0 Å². The van der Waals surface area contributed by atoms with Crippen LogP contribution in [0.1, 0.15) is 0 Å². The van der Waals surface area contributed by atoms with Crippen molar-refractivity contribution < 1.29 is 0 Å². The van der Waals surface area contributed by atoms with E-state index in [1.54, 1.807) is 0 Å². The Hall–Kier alpha value is -4.34. The minimum absolute atomic E-state index is 0.174. The van der Waals surface area contributed by atoms with E-state index in [-0.39, 0.29) is 5.28 Å². The highest BCUT2D eigenvalue weighted by Gasteiger charge is 2.12. The summed E-state index contributed by atoms with van der Waals surface area (Å²) in [4.78, 5) is 13.7. The minimum Gasteiger partial charge on any atom is -0.208 e. The molecular formula is C31H20ClN3. The molecule has 0 amide bonds. The van der Waals surface area contributed by atoms with Gasteiger partial charge in [0.25, 0.3) is 0 Å². The predicted octanol–water partition coefficient (Wildman–Crippen LogP) is 8.35. The van der Waals surface area contributed by atoms with Gasteiger partial charge in [0.2, 0.25) is 5.28 Å². The van der Waals surface area contributed by atoms with Gasteiger partial charge in [0.05, 0.1) is 0 Å². The molecule has 6 aromatic rings. The van der Waals surface area contributed by atoms with Crippen molar-refractivity contribution in [3.8, 4) is 45.0 Å². The first-order valence-corrected chi connectivity index (χ1v) is 11.8. The van der Waals surface area contributed by atoms with Gasteiger partial charge < -0.3 is 0 Å². The van der Waals surface area contributed by atoms with E-state index >= 15 is 0 Å². The lowest BCUT2D eigenvalue weighted by Crippen LogP contribution is -1.97. The van der Waals surface area contributed by atoms with Gasteiger partial charge >= 0.3 is 0 Å². The molecule has 0 bridgehead atoms. The summed E-state index contributed by atoms with van der Waals surface area (Å²) in [6.45, 7) is 0. The van der Waals surface area contributed by atoms with Gasteiger partial charge in [-0.2, -0.15) is 9.97 Å². The molecule has 4 heteroatoms. The van der Waals surface area contributed by atoms with Crippen LogP contribution in [0.15, 0.2) is 121 Å². The van der Waals surface area contributed by atoms with Crippen LogP contribution in [0, 0.1) is 0 Å². The first-order valence-electron chi connectivity index (χ1n) is 11.4. The summed E-state index contributed by atoms with van der Waals surface area (Å²) < 4.78 is 0. The normalized spacial score (nSPS) is 11.0. The topological polar surface area (TPSA) is 38.7 Å². The Balaban J connectivity index is 1.42. The van der Waals surface area contributed by atoms with Crippen LogP contribution in [-0.2, 0) is 0 Å². The molecule has 0 atom stereocenters. The molecular weight excluding hydrogens is 450 g/mol. The molecule has 0 aliphatic heterocycles. The van der Waals surface area contributed by atoms with Crippen LogP contribution in [0.3, 0.4) is 0 Å². The van der Waals surface area contributed by atoms with E-state index in [4.69, 9.17) is 16.6 Å². The van der Waals surface area contributed by atoms with Crippen molar-refractivity contribution in [1.82, 2.24) is 15.0 Å². The second-order valence-corrected chi connectivity index (χ2v) is 8.64. The number of aromatic nitrogens is 3. The van der Waals surface area contributed by atoms with E-state index in [1.807, 2.05) is 42.5 Å². The fourth-order valence-electron chi connectivity index (χ4n) is 4.37. The highest BCUT2D eigenvalue weighted by molar-refractivity contribution is 6.28. The molecule has 35 heavy (non-hydrogen) atoms. The molecule has 0 aliphatic rings. The van der Waals surface area contributed by atoms with Crippen LogP contribution < -0.4 is 0 Å². The van der Waals surface area contributed by atoms with E-state index in [9.17, 15) is 0 Å². The molecule has 0 fully saturated rings. The summed E-state index contributed by atoms with van der Waals surface area (Å²) in [5, 5.41) is 2.47. The van der Waals surface area contributed by atoms with Crippen LogP contribution in [0.25, 0.3) is 55.8 Å². The minimum atomic E-state index is 0.174. The third-order valence-corrected chi connectivity index (χ3v) is 6.23. The van der Waals surface area contributed by atoms with Gasteiger partial charge in [-0.05, 0) is 56.8 Å². The summed E-state index contributed by atoms with van der Waals surface area (Å²) in [5.74, 6) is 1.10. The zero-order valence-corrected chi connectivity index (χ0v) is 19.5. The maximum absolute atomic E-state index is 6.37. The lowest BCUT2D eigenvalue weighted by atomic mass is 9.97. The molecule has 6 rings (SSSR count). The summed E-state index contributed by atoms with van der Waals surface area (Å²) >= 11 is 6.37. The van der Waals surface area contributed by atoms with E-state index < -0.39 is 0 Å². The third-order valence-electron chi connectivity index (χ3n) is 6.06. The molecule has 0 spiro atoms. The van der Waals surface area contributed by atoms with Crippen molar-refractivity contribution >= 4 is 22.4 Å². The van der Waals surface area contributed by atoms with Crippen molar-refractivity contribution in [1.29, 1.82) is 0 Å². The average molecular weight is 470 g/mol. The summed E-state index contributed by atoms with van der Waals surface area (Å²) in [7, 11) is 0. The molecule has 0 saturated heterocycles. The summed E-state index contributed by atoms with van der Waals surface area (Å²) in [6.07, 6.45) is 0. The van der Waals surface area contributed by atoms with Gasteiger partial charge in [-0.1, -0.05) is 109 Å². The lowest BCUT2D eigenvalue weighted by molar-refractivity contribution is 1.07. The molecule has 0 N–H and O–H groups in total. The van der Waals surface area contributed by atoms with Gasteiger partial charge in [0, 0.05) is 11.1 Å². The zero-order valence-electron chi connectivity index (χ0n) is 18.8. The molecule has 5 aromatic carbocycles. The second kappa shape index (κ2) is 9.13. The maximum atomic E-state index is 6.37. The number of hydrogen-bond donors (Lipinski definition) is 0. The first kappa shape index (κ1) is 21.2.